The largest absolute Gasteiger partial charge is 0.465 e. The van der Waals surface area contributed by atoms with Crippen molar-refractivity contribution in [1.82, 2.24) is 4.57 Å². The van der Waals surface area contributed by atoms with Gasteiger partial charge in [0.2, 0.25) is 0 Å². The number of hydrogen-bond acceptors (Lipinski definition) is 7. The molecule has 2 aromatic carbocycles. The van der Waals surface area contributed by atoms with Crippen LogP contribution < -0.4 is 4.80 Å². The monoisotopic (exact) mass is 464 g/mol. The molecule has 10 heteroatoms. The van der Waals surface area contributed by atoms with Gasteiger partial charge in [-0.3, -0.25) is 4.79 Å². The number of aryl methyl sites for hydroxylation is 1. The molecule has 0 aliphatic heterocycles. The van der Waals surface area contributed by atoms with Crippen LogP contribution in [0.15, 0.2) is 52.4 Å². The lowest BCUT2D eigenvalue weighted by Gasteiger charge is -2.04. The summed E-state index contributed by atoms with van der Waals surface area (Å²) in [6.45, 7) is 0.651. The molecule has 1 aromatic heterocycles. The Labute approximate surface area is 182 Å². The summed E-state index contributed by atoms with van der Waals surface area (Å²) in [5.74, 6) is -0.0659. The van der Waals surface area contributed by atoms with Crippen LogP contribution in [0.1, 0.15) is 20.7 Å². The average molecular weight is 465 g/mol. The highest BCUT2D eigenvalue weighted by Crippen LogP contribution is 2.20. The maximum Gasteiger partial charge on any atom is 0.337 e. The maximum absolute atomic E-state index is 12.7. The molecule has 0 fully saturated rings. The third-order valence-corrected chi connectivity index (χ3v) is 7.11. The van der Waals surface area contributed by atoms with Crippen molar-refractivity contribution in [2.45, 2.75) is 11.4 Å². The molecule has 3 rings (SSSR count). The minimum atomic E-state index is -3.34. The van der Waals surface area contributed by atoms with Crippen molar-refractivity contribution in [2.24, 2.45) is 4.99 Å². The molecule has 1 heterocycles. The fourth-order valence-corrected chi connectivity index (χ4v) is 4.89. The summed E-state index contributed by atoms with van der Waals surface area (Å²) in [5, 5.41) is 0. The quantitative estimate of drug-likeness (QED) is 0.521. The summed E-state index contributed by atoms with van der Waals surface area (Å²) >= 11 is 2.98. The van der Waals surface area contributed by atoms with Crippen molar-refractivity contribution in [3.05, 3.63) is 58.4 Å². The zero-order valence-corrected chi connectivity index (χ0v) is 19.1. The predicted octanol–water partition coefficient (Wildman–Crippen LogP) is 3.00. The van der Waals surface area contributed by atoms with E-state index >= 15 is 0 Å². The highest BCUT2D eigenvalue weighted by molar-refractivity contribution is 7.98. The van der Waals surface area contributed by atoms with E-state index < -0.39 is 21.7 Å². The first-order valence-corrected chi connectivity index (χ1v) is 12.9. The summed E-state index contributed by atoms with van der Waals surface area (Å²) in [5.41, 5.74) is 1.60. The molecule has 0 spiro atoms. The van der Waals surface area contributed by atoms with Gasteiger partial charge in [0.1, 0.15) is 0 Å². The normalized spacial score (nSPS) is 12.3. The number of thioether (sulfide) groups is 1. The standard InChI is InChI=1S/C20H20N2O5S3/c1-27-19(24)14-6-9-16-17(12-14)29-20(22(16)10-11-28-2)21-18(23)13-4-7-15(8-5-13)30(3,25)26/h4-9,12H,10-11H2,1-3H3. The van der Waals surface area contributed by atoms with Crippen molar-refractivity contribution >= 4 is 55.0 Å². The Kier molecular flexibility index (Phi) is 6.79. The highest BCUT2D eigenvalue weighted by atomic mass is 32.2. The molecule has 158 valence electrons. The van der Waals surface area contributed by atoms with E-state index in [0.717, 1.165) is 22.2 Å². The van der Waals surface area contributed by atoms with Gasteiger partial charge in [0.25, 0.3) is 5.91 Å². The first-order chi connectivity index (χ1) is 14.2. The Morgan fingerprint density at radius 1 is 1.13 bits per heavy atom. The van der Waals surface area contributed by atoms with E-state index in [0.29, 0.717) is 22.5 Å². The SMILES string of the molecule is COC(=O)c1ccc2c(c1)sc(=NC(=O)c1ccc(S(C)(=O)=O)cc1)n2CCSC. The van der Waals surface area contributed by atoms with Gasteiger partial charge in [0.05, 0.1) is 27.8 Å². The van der Waals surface area contributed by atoms with E-state index in [1.54, 1.807) is 23.9 Å². The summed E-state index contributed by atoms with van der Waals surface area (Å²) in [6, 6.07) is 10.9. The van der Waals surface area contributed by atoms with Gasteiger partial charge in [-0.15, -0.1) is 0 Å². The number of carbonyl (C=O) groups excluding carboxylic acids is 2. The van der Waals surface area contributed by atoms with Crippen molar-refractivity contribution in [3.63, 3.8) is 0 Å². The number of hydrogen-bond donors (Lipinski definition) is 0. The number of amides is 1. The molecule has 0 bridgehead atoms. The molecule has 30 heavy (non-hydrogen) atoms. The number of fused-ring (bicyclic) bond motifs is 1. The lowest BCUT2D eigenvalue weighted by atomic mass is 10.2. The van der Waals surface area contributed by atoms with Gasteiger partial charge < -0.3 is 9.30 Å². The maximum atomic E-state index is 12.7. The summed E-state index contributed by atoms with van der Waals surface area (Å²) in [7, 11) is -2.01. The number of nitrogens with zero attached hydrogens (tertiary/aromatic N) is 2. The van der Waals surface area contributed by atoms with E-state index in [2.05, 4.69) is 4.99 Å². The van der Waals surface area contributed by atoms with E-state index in [-0.39, 0.29) is 4.90 Å². The Bertz CT molecular complexity index is 1270. The van der Waals surface area contributed by atoms with E-state index in [1.807, 2.05) is 16.9 Å². The van der Waals surface area contributed by atoms with Crippen LogP contribution in [-0.2, 0) is 21.1 Å². The number of sulfone groups is 1. The van der Waals surface area contributed by atoms with Crippen LogP contribution in [0.5, 0.6) is 0 Å². The second-order valence-corrected chi connectivity index (χ2v) is 10.4. The highest BCUT2D eigenvalue weighted by Gasteiger charge is 2.13. The second kappa shape index (κ2) is 9.15. The molecular weight excluding hydrogens is 444 g/mol. The van der Waals surface area contributed by atoms with E-state index in [9.17, 15) is 18.0 Å². The smallest absolute Gasteiger partial charge is 0.337 e. The number of rotatable bonds is 6. The molecule has 0 saturated carbocycles. The Hall–Kier alpha value is -2.43. The third-order valence-electron chi connectivity index (χ3n) is 4.35. The summed E-state index contributed by atoms with van der Waals surface area (Å²) < 4.78 is 30.7. The minimum absolute atomic E-state index is 0.145. The van der Waals surface area contributed by atoms with E-state index in [4.69, 9.17) is 4.74 Å². The van der Waals surface area contributed by atoms with Gasteiger partial charge in [0.15, 0.2) is 14.6 Å². The van der Waals surface area contributed by atoms with Crippen LogP contribution in [-0.4, -0.2) is 50.2 Å². The molecule has 0 unspecified atom stereocenters. The predicted molar refractivity (Wildman–Crippen MR) is 119 cm³/mol. The van der Waals surface area contributed by atoms with Crippen LogP contribution in [0.25, 0.3) is 10.2 Å². The molecule has 0 aliphatic rings. The second-order valence-electron chi connectivity index (χ2n) is 6.42. The van der Waals surface area contributed by atoms with Gasteiger partial charge >= 0.3 is 5.97 Å². The van der Waals surface area contributed by atoms with Gasteiger partial charge in [0, 0.05) is 24.1 Å². The van der Waals surface area contributed by atoms with Crippen LogP contribution in [0, 0.1) is 0 Å². The molecule has 0 radical (unpaired) electrons. The van der Waals surface area contributed by atoms with Gasteiger partial charge in [-0.25, -0.2) is 13.2 Å². The van der Waals surface area contributed by atoms with Gasteiger partial charge in [-0.2, -0.15) is 16.8 Å². The van der Waals surface area contributed by atoms with Crippen LogP contribution >= 0.6 is 23.1 Å². The number of benzene rings is 2. The van der Waals surface area contributed by atoms with Gasteiger partial charge in [-0.05, 0) is 48.7 Å². The van der Waals surface area contributed by atoms with Crippen LogP contribution in [0.4, 0.5) is 0 Å². The van der Waals surface area contributed by atoms with Crippen molar-refractivity contribution in [2.75, 3.05) is 25.4 Å². The lowest BCUT2D eigenvalue weighted by Crippen LogP contribution is -2.18. The van der Waals surface area contributed by atoms with Gasteiger partial charge in [-0.1, -0.05) is 11.3 Å². The van der Waals surface area contributed by atoms with Crippen LogP contribution in [0.2, 0.25) is 0 Å². The first kappa shape index (κ1) is 22.3. The number of ether oxygens (including phenoxy) is 1. The molecule has 3 aromatic rings. The average Bonchev–Trinajstić information content (AvgIpc) is 3.07. The third kappa shape index (κ3) is 4.82. The number of thiazole rings is 1. The topological polar surface area (TPSA) is 94.8 Å². The molecular formula is C20H20N2O5S3. The zero-order chi connectivity index (χ0) is 21.9. The zero-order valence-electron chi connectivity index (χ0n) is 16.6. The fraction of sp³-hybridized carbons (Fsp3) is 0.250. The fourth-order valence-electron chi connectivity index (χ4n) is 2.80. The summed E-state index contributed by atoms with van der Waals surface area (Å²) in [4.78, 5) is 29.5. The molecule has 0 aliphatic carbocycles. The van der Waals surface area contributed by atoms with Crippen molar-refractivity contribution < 1.29 is 22.7 Å². The molecule has 0 N–H and O–H groups in total. The van der Waals surface area contributed by atoms with Crippen molar-refractivity contribution in [1.29, 1.82) is 0 Å². The summed E-state index contributed by atoms with van der Waals surface area (Å²) in [6.07, 6.45) is 3.11. The number of methoxy groups -OCH3 is 1. The van der Waals surface area contributed by atoms with E-state index in [1.165, 1.54) is 42.7 Å². The molecule has 0 saturated heterocycles. The first-order valence-electron chi connectivity index (χ1n) is 8.84. The molecule has 1 amide bonds. The number of esters is 1. The Morgan fingerprint density at radius 2 is 1.80 bits per heavy atom. The lowest BCUT2D eigenvalue weighted by molar-refractivity contribution is 0.0600. The molecule has 7 nitrogen and oxygen atoms in total. The molecule has 0 atom stereocenters. The van der Waals surface area contributed by atoms with Crippen molar-refractivity contribution in [3.8, 4) is 0 Å². The Morgan fingerprint density at radius 3 is 2.40 bits per heavy atom. The Balaban J connectivity index is 2.06. The minimum Gasteiger partial charge on any atom is -0.465 e. The number of aromatic nitrogens is 1. The number of carbonyl (C=O) groups is 2. The van der Waals surface area contributed by atoms with Crippen LogP contribution in [0.3, 0.4) is 0 Å².